The highest BCUT2D eigenvalue weighted by Gasteiger charge is 2.39. The summed E-state index contributed by atoms with van der Waals surface area (Å²) in [6.45, 7) is 13.1. The van der Waals surface area contributed by atoms with E-state index < -0.39 is 20.0 Å². The lowest BCUT2D eigenvalue weighted by Crippen LogP contribution is -2.19. The second kappa shape index (κ2) is 14.4. The summed E-state index contributed by atoms with van der Waals surface area (Å²) >= 11 is 0. The van der Waals surface area contributed by atoms with E-state index in [1.54, 1.807) is 67.3 Å². The summed E-state index contributed by atoms with van der Waals surface area (Å²) in [5, 5.41) is 1.01. The van der Waals surface area contributed by atoms with Crippen LogP contribution < -0.4 is 15.1 Å². The van der Waals surface area contributed by atoms with Crippen molar-refractivity contribution in [1.82, 2.24) is 0 Å². The molecule has 0 saturated carbocycles. The number of carbonyl (C=O) groups excluding carboxylic acids is 2. The van der Waals surface area contributed by atoms with Crippen LogP contribution in [0.3, 0.4) is 0 Å². The zero-order chi connectivity index (χ0) is 33.6. The fourth-order valence-electron chi connectivity index (χ4n) is 5.69. The Bertz CT molecular complexity index is 1920. The minimum atomic E-state index is -3.81. The Balaban J connectivity index is 0.000000216. The molecule has 0 aliphatic heterocycles. The second-order valence-corrected chi connectivity index (χ2v) is 16.7. The van der Waals surface area contributed by atoms with Gasteiger partial charge in [-0.25, -0.2) is 0 Å². The maximum atomic E-state index is 13.9. The highest BCUT2D eigenvalue weighted by Crippen LogP contribution is 2.50. The predicted molar refractivity (Wildman–Crippen MR) is 190 cm³/mol. The number of rotatable bonds is 8. The van der Waals surface area contributed by atoms with Crippen LogP contribution in [0.25, 0.3) is 0 Å². The van der Waals surface area contributed by atoms with Crippen molar-refractivity contribution in [3.8, 4) is 5.75 Å². The van der Waals surface area contributed by atoms with E-state index >= 15 is 0 Å². The van der Waals surface area contributed by atoms with Crippen LogP contribution in [-0.4, -0.2) is 17.7 Å². The van der Waals surface area contributed by atoms with E-state index in [-0.39, 0.29) is 5.52 Å². The SMILES string of the molecule is Cc1cc(C)c(C(=O)P(=O)(Oc2ccccc2)c2ccccc2)c(C)c1.Cc1cc(C)c(C(=O)P(C)(=O)c2ccccc2)c(C)c1. The molecule has 5 nitrogen and oxygen atoms in total. The van der Waals surface area contributed by atoms with Crippen molar-refractivity contribution in [2.24, 2.45) is 0 Å². The molecule has 0 bridgehead atoms. The van der Waals surface area contributed by atoms with Gasteiger partial charge >= 0.3 is 7.37 Å². The summed E-state index contributed by atoms with van der Waals surface area (Å²) in [6, 6.07) is 34.3. The molecule has 0 spiro atoms. The van der Waals surface area contributed by atoms with Crippen molar-refractivity contribution < 1.29 is 23.2 Å². The normalized spacial score (nSPS) is 13.4. The van der Waals surface area contributed by atoms with Gasteiger partial charge in [0.05, 0.1) is 5.30 Å². The first kappa shape index (κ1) is 34.6. The standard InChI is InChI=1S/C22H21O3P.C17H19O2P/c1-16-14-17(2)21(18(3)15-16)22(23)26(24,20-12-8-5-9-13-20)25-19-10-6-4-7-11-19;1-12-10-13(2)16(14(3)11-12)17(18)20(4,19)15-8-6-5-7-9-15/h4-15H,1-3H3;5-11H,1-4H3. The van der Waals surface area contributed by atoms with E-state index in [1.165, 1.54) is 0 Å². The summed E-state index contributed by atoms with van der Waals surface area (Å²) in [5.74, 6) is 0.412. The van der Waals surface area contributed by atoms with Crippen LogP contribution in [-0.2, 0) is 9.13 Å². The molecule has 5 aromatic carbocycles. The highest BCUT2D eigenvalue weighted by molar-refractivity contribution is 7.87. The molecule has 46 heavy (non-hydrogen) atoms. The topological polar surface area (TPSA) is 77.5 Å². The molecule has 5 rings (SSSR count). The zero-order valence-electron chi connectivity index (χ0n) is 27.4. The number of hydrogen-bond donors (Lipinski definition) is 0. The molecule has 236 valence electrons. The minimum Gasteiger partial charge on any atom is -0.435 e. The second-order valence-electron chi connectivity index (χ2n) is 11.7. The van der Waals surface area contributed by atoms with E-state index in [4.69, 9.17) is 4.52 Å². The maximum Gasteiger partial charge on any atom is 0.346 e. The van der Waals surface area contributed by atoms with Gasteiger partial charge in [-0.2, -0.15) is 0 Å². The average molecular weight is 651 g/mol. The third kappa shape index (κ3) is 7.56. The van der Waals surface area contributed by atoms with E-state index in [0.29, 0.717) is 27.5 Å². The van der Waals surface area contributed by atoms with Crippen molar-refractivity contribution in [2.45, 2.75) is 41.5 Å². The smallest absolute Gasteiger partial charge is 0.346 e. The van der Waals surface area contributed by atoms with Crippen molar-refractivity contribution in [1.29, 1.82) is 0 Å². The molecule has 0 aliphatic rings. The van der Waals surface area contributed by atoms with Crippen molar-refractivity contribution in [3.63, 3.8) is 0 Å². The first-order valence-corrected chi connectivity index (χ1v) is 18.8. The molecule has 2 atom stereocenters. The summed E-state index contributed by atoms with van der Waals surface area (Å²) in [7, 11) is -6.88. The van der Waals surface area contributed by atoms with Gasteiger partial charge in [0.25, 0.3) is 5.52 Å². The van der Waals surface area contributed by atoms with Crippen LogP contribution in [0.1, 0.15) is 54.1 Å². The van der Waals surface area contributed by atoms with Gasteiger partial charge in [-0.15, -0.1) is 0 Å². The third-order valence-electron chi connectivity index (χ3n) is 7.76. The van der Waals surface area contributed by atoms with Gasteiger partial charge in [0.1, 0.15) is 5.75 Å². The van der Waals surface area contributed by atoms with Crippen molar-refractivity contribution in [3.05, 3.63) is 160 Å². The van der Waals surface area contributed by atoms with Crippen LogP contribution in [0.2, 0.25) is 0 Å². The molecular weight excluding hydrogens is 610 g/mol. The molecule has 2 unspecified atom stereocenters. The average Bonchev–Trinajstić information content (AvgIpc) is 3.01. The van der Waals surface area contributed by atoms with E-state index in [2.05, 4.69) is 0 Å². The van der Waals surface area contributed by atoms with Gasteiger partial charge in [-0.05, 0) is 88.1 Å². The van der Waals surface area contributed by atoms with E-state index in [1.807, 2.05) is 96.1 Å². The maximum absolute atomic E-state index is 13.9. The predicted octanol–water partition coefficient (Wildman–Crippen LogP) is 9.51. The van der Waals surface area contributed by atoms with Gasteiger partial charge in [0.2, 0.25) is 5.52 Å². The molecule has 0 N–H and O–H groups in total. The molecule has 0 amide bonds. The number of hydrogen-bond acceptors (Lipinski definition) is 5. The fraction of sp³-hybridized carbons (Fsp3) is 0.179. The zero-order valence-corrected chi connectivity index (χ0v) is 29.2. The number of benzene rings is 5. The number of carbonyl (C=O) groups is 2. The Labute approximate surface area is 272 Å². The lowest BCUT2D eigenvalue weighted by molar-refractivity contribution is 0.106. The Morgan fingerprint density at radius 1 is 0.500 bits per heavy atom. The minimum absolute atomic E-state index is 0.251. The number of para-hydroxylation sites is 1. The molecular formula is C39H40O5P2. The summed E-state index contributed by atoms with van der Waals surface area (Å²) in [6.07, 6.45) is 0. The van der Waals surface area contributed by atoms with Gasteiger partial charge in [-0.3, -0.25) is 14.2 Å². The Morgan fingerprint density at radius 2 is 0.848 bits per heavy atom. The molecule has 7 heteroatoms. The van der Waals surface area contributed by atoms with Crippen LogP contribution in [0.5, 0.6) is 5.75 Å². The van der Waals surface area contributed by atoms with E-state index in [9.17, 15) is 18.7 Å². The largest absolute Gasteiger partial charge is 0.435 e. The van der Waals surface area contributed by atoms with Crippen molar-refractivity contribution >= 4 is 36.2 Å². The Kier molecular flexibility index (Phi) is 10.8. The highest BCUT2D eigenvalue weighted by atomic mass is 31.2. The summed E-state index contributed by atoms with van der Waals surface area (Å²) in [5.41, 5.74) is 5.93. The molecule has 0 aromatic heterocycles. The lowest BCUT2D eigenvalue weighted by Gasteiger charge is -2.21. The molecule has 0 saturated heterocycles. The van der Waals surface area contributed by atoms with Gasteiger partial charge in [-0.1, -0.05) is 102 Å². The van der Waals surface area contributed by atoms with Crippen LogP contribution >= 0.6 is 14.5 Å². The van der Waals surface area contributed by atoms with Gasteiger partial charge < -0.3 is 9.09 Å². The molecule has 0 fully saturated rings. The molecule has 5 aromatic rings. The number of aryl methyl sites for hydroxylation is 6. The summed E-state index contributed by atoms with van der Waals surface area (Å²) in [4.78, 5) is 26.2. The first-order chi connectivity index (χ1) is 21.8. The quantitative estimate of drug-likeness (QED) is 0.156. The van der Waals surface area contributed by atoms with E-state index in [0.717, 1.165) is 33.4 Å². The molecule has 0 radical (unpaired) electrons. The summed E-state index contributed by atoms with van der Waals surface area (Å²) < 4.78 is 32.7. The lowest BCUT2D eigenvalue weighted by atomic mass is 10.0. The van der Waals surface area contributed by atoms with Gasteiger partial charge in [0.15, 0.2) is 7.14 Å². The van der Waals surface area contributed by atoms with Crippen LogP contribution in [0.4, 0.5) is 0 Å². The first-order valence-electron chi connectivity index (χ1n) is 15.0. The Morgan fingerprint density at radius 3 is 1.26 bits per heavy atom. The fourth-order valence-corrected chi connectivity index (χ4v) is 9.50. The van der Waals surface area contributed by atoms with Crippen molar-refractivity contribution in [2.75, 3.05) is 6.66 Å². The third-order valence-corrected chi connectivity index (χ3v) is 12.2. The molecule has 0 heterocycles. The van der Waals surface area contributed by atoms with Crippen LogP contribution in [0, 0.1) is 41.5 Å². The van der Waals surface area contributed by atoms with Gasteiger partial charge in [0, 0.05) is 23.1 Å². The Hall–Kier alpha value is -4.30. The molecule has 0 aliphatic carbocycles. The monoisotopic (exact) mass is 650 g/mol. The van der Waals surface area contributed by atoms with Crippen LogP contribution in [0.15, 0.2) is 115 Å².